The lowest BCUT2D eigenvalue weighted by Crippen LogP contribution is -2.33. The molecule has 2 aromatic carbocycles. The predicted octanol–water partition coefficient (Wildman–Crippen LogP) is 5.58. The lowest BCUT2D eigenvalue weighted by molar-refractivity contribution is -0.140. The van der Waals surface area contributed by atoms with Crippen molar-refractivity contribution in [1.29, 1.82) is 0 Å². The molecule has 8 nitrogen and oxygen atoms in total. The molecule has 1 saturated heterocycles. The number of likely N-dealkylation sites (tertiary alicyclic amines) is 1. The van der Waals surface area contributed by atoms with Crippen LogP contribution in [0.1, 0.15) is 16.5 Å². The van der Waals surface area contributed by atoms with E-state index < -0.39 is 23.5 Å². The van der Waals surface area contributed by atoms with Gasteiger partial charge in [0.25, 0.3) is 11.7 Å². The van der Waals surface area contributed by atoms with Crippen LogP contribution in [0.5, 0.6) is 23.0 Å². The Hall–Kier alpha value is -3.40. The van der Waals surface area contributed by atoms with E-state index in [9.17, 15) is 14.7 Å². The summed E-state index contributed by atoms with van der Waals surface area (Å²) in [6.07, 6.45) is 0. The van der Waals surface area contributed by atoms with E-state index >= 15 is 0 Å². The molecule has 2 heterocycles. The molecule has 1 amide bonds. The Morgan fingerprint density at radius 3 is 2.27 bits per heavy atom. The number of halogens is 2. The van der Waals surface area contributed by atoms with E-state index in [4.69, 9.17) is 42.1 Å². The molecule has 0 saturated carbocycles. The highest BCUT2D eigenvalue weighted by Gasteiger charge is 2.47. The van der Waals surface area contributed by atoms with Gasteiger partial charge in [0.1, 0.15) is 28.9 Å². The van der Waals surface area contributed by atoms with Gasteiger partial charge in [0.2, 0.25) is 0 Å². The highest BCUT2D eigenvalue weighted by Crippen LogP contribution is 2.47. The zero-order valence-electron chi connectivity index (χ0n) is 20.1. The van der Waals surface area contributed by atoms with Gasteiger partial charge < -0.3 is 29.0 Å². The van der Waals surface area contributed by atoms with Crippen LogP contribution in [0.15, 0.2) is 53.4 Å². The molecule has 1 atom stereocenters. The Morgan fingerprint density at radius 2 is 1.68 bits per heavy atom. The predicted molar refractivity (Wildman–Crippen MR) is 141 cm³/mol. The van der Waals surface area contributed by atoms with Crippen LogP contribution in [0.2, 0.25) is 10.0 Å². The molecule has 1 N–H and O–H groups in total. The average Bonchev–Trinajstić information content (AvgIpc) is 3.51. The number of nitrogens with zero attached hydrogens (tertiary/aromatic N) is 1. The van der Waals surface area contributed by atoms with Crippen molar-refractivity contribution in [2.45, 2.75) is 6.04 Å². The van der Waals surface area contributed by atoms with Crippen molar-refractivity contribution in [3.63, 3.8) is 0 Å². The molecule has 0 bridgehead atoms. The van der Waals surface area contributed by atoms with E-state index in [1.54, 1.807) is 43.5 Å². The maximum absolute atomic E-state index is 13.2. The zero-order chi connectivity index (χ0) is 26.7. The Balaban J connectivity index is 1.72. The standard InChI is InChI=1S/C26H23Cl2NO7S/c1-33-14-6-8-15(9-7-14)36-11-10-29-21(18-5-4-12-37-18)19(23(31)26(29)32)22(30)16-13-17(27)25(35-3)20(28)24(16)34-2/h4-9,12-13,21,30H,10-11H2,1-3H3/b22-19-. The fourth-order valence-corrected chi connectivity index (χ4v) is 5.61. The summed E-state index contributed by atoms with van der Waals surface area (Å²) >= 11 is 14.1. The van der Waals surface area contributed by atoms with Crippen LogP contribution in [-0.2, 0) is 9.59 Å². The summed E-state index contributed by atoms with van der Waals surface area (Å²) in [5, 5.41) is 13.3. The van der Waals surface area contributed by atoms with Crippen molar-refractivity contribution >= 4 is 52.0 Å². The second-order valence-corrected chi connectivity index (χ2v) is 9.58. The molecule has 37 heavy (non-hydrogen) atoms. The molecule has 1 unspecified atom stereocenters. The number of hydrogen-bond donors (Lipinski definition) is 1. The summed E-state index contributed by atoms with van der Waals surface area (Å²) in [5.41, 5.74) is -0.0418. The van der Waals surface area contributed by atoms with Crippen molar-refractivity contribution in [3.8, 4) is 23.0 Å². The van der Waals surface area contributed by atoms with Crippen LogP contribution in [0, 0.1) is 0 Å². The normalized spacial score (nSPS) is 16.7. The number of thiophene rings is 1. The van der Waals surface area contributed by atoms with Crippen LogP contribution in [-0.4, -0.2) is 56.2 Å². The molecule has 11 heteroatoms. The Bertz CT molecular complexity index is 1340. The van der Waals surface area contributed by atoms with Crippen LogP contribution in [0.4, 0.5) is 0 Å². The summed E-state index contributed by atoms with van der Waals surface area (Å²) in [5.74, 6) is -0.587. The first-order valence-corrected chi connectivity index (χ1v) is 12.6. The molecule has 1 aliphatic rings. The molecule has 1 aromatic heterocycles. The fraction of sp³-hybridized carbons (Fsp3) is 0.231. The van der Waals surface area contributed by atoms with E-state index in [1.807, 2.05) is 5.38 Å². The number of rotatable bonds is 9. The molecular weight excluding hydrogens is 541 g/mol. The summed E-state index contributed by atoms with van der Waals surface area (Å²) in [7, 11) is 4.32. The molecule has 0 aliphatic carbocycles. The SMILES string of the molecule is COc1ccc(OCCN2C(=O)C(=O)/C(=C(\O)c3cc(Cl)c(OC)c(Cl)c3OC)C2c2cccs2)cc1. The topological polar surface area (TPSA) is 94.5 Å². The summed E-state index contributed by atoms with van der Waals surface area (Å²) in [4.78, 5) is 28.4. The molecule has 194 valence electrons. The van der Waals surface area contributed by atoms with Crippen LogP contribution in [0.25, 0.3) is 5.76 Å². The number of Topliss-reactive ketones (excluding diaryl/α,β-unsaturated/α-hetero) is 1. The third-order valence-corrected chi connectivity index (χ3v) is 7.36. The van der Waals surface area contributed by atoms with Gasteiger partial charge in [-0.25, -0.2) is 0 Å². The monoisotopic (exact) mass is 563 g/mol. The fourth-order valence-electron chi connectivity index (χ4n) is 4.08. The maximum Gasteiger partial charge on any atom is 0.295 e. The molecule has 4 rings (SSSR count). The molecule has 0 spiro atoms. The highest BCUT2D eigenvalue weighted by molar-refractivity contribution is 7.10. The van der Waals surface area contributed by atoms with Crippen LogP contribution < -0.4 is 18.9 Å². The first-order valence-electron chi connectivity index (χ1n) is 11.0. The minimum Gasteiger partial charge on any atom is -0.507 e. The second kappa shape index (κ2) is 11.3. The number of ether oxygens (including phenoxy) is 4. The van der Waals surface area contributed by atoms with E-state index in [2.05, 4.69) is 0 Å². The van der Waals surface area contributed by atoms with Gasteiger partial charge in [0.05, 0.1) is 50.1 Å². The number of ketones is 1. The molecule has 0 radical (unpaired) electrons. The van der Waals surface area contributed by atoms with Gasteiger partial charge in [-0.15, -0.1) is 11.3 Å². The van der Waals surface area contributed by atoms with Crippen molar-refractivity contribution in [3.05, 3.63) is 73.9 Å². The third kappa shape index (κ3) is 5.07. The van der Waals surface area contributed by atoms with Crippen molar-refractivity contribution < 1.29 is 33.6 Å². The Kier molecular flexibility index (Phi) is 8.16. The van der Waals surface area contributed by atoms with E-state index in [1.165, 1.54) is 36.5 Å². The lowest BCUT2D eigenvalue weighted by Gasteiger charge is -2.24. The minimum atomic E-state index is -0.844. The third-order valence-electron chi connectivity index (χ3n) is 5.81. The van der Waals surface area contributed by atoms with E-state index in [-0.39, 0.29) is 45.8 Å². The highest BCUT2D eigenvalue weighted by atomic mass is 35.5. The summed E-state index contributed by atoms with van der Waals surface area (Å²) in [6.45, 7) is 0.210. The Labute approximate surface area is 227 Å². The number of carbonyl (C=O) groups is 2. The average molecular weight is 564 g/mol. The number of methoxy groups -OCH3 is 3. The second-order valence-electron chi connectivity index (χ2n) is 7.82. The first-order chi connectivity index (χ1) is 17.8. The van der Waals surface area contributed by atoms with Gasteiger partial charge in [0.15, 0.2) is 11.5 Å². The number of amides is 1. The quantitative estimate of drug-likeness (QED) is 0.206. The van der Waals surface area contributed by atoms with Gasteiger partial charge in [-0.05, 0) is 41.8 Å². The Morgan fingerprint density at radius 1 is 1.00 bits per heavy atom. The molecule has 1 aliphatic heterocycles. The van der Waals surface area contributed by atoms with Gasteiger partial charge in [-0.2, -0.15) is 0 Å². The number of aliphatic hydroxyl groups excluding tert-OH is 1. The lowest BCUT2D eigenvalue weighted by atomic mass is 9.99. The minimum absolute atomic E-state index is 0.0221. The maximum atomic E-state index is 13.2. The van der Waals surface area contributed by atoms with Crippen LogP contribution >= 0.6 is 34.5 Å². The van der Waals surface area contributed by atoms with Gasteiger partial charge in [0, 0.05) is 4.88 Å². The summed E-state index contributed by atoms with van der Waals surface area (Å²) < 4.78 is 21.5. The number of hydrogen-bond acceptors (Lipinski definition) is 8. The van der Waals surface area contributed by atoms with E-state index in [0.717, 1.165) is 0 Å². The molecule has 3 aromatic rings. The van der Waals surface area contributed by atoms with Crippen molar-refractivity contribution in [2.75, 3.05) is 34.5 Å². The number of carbonyl (C=O) groups excluding carboxylic acids is 2. The summed E-state index contributed by atoms with van der Waals surface area (Å²) in [6, 6.07) is 11.1. The number of aliphatic hydroxyl groups is 1. The zero-order valence-corrected chi connectivity index (χ0v) is 22.4. The van der Waals surface area contributed by atoms with Crippen LogP contribution in [0.3, 0.4) is 0 Å². The van der Waals surface area contributed by atoms with Gasteiger partial charge in [-0.3, -0.25) is 9.59 Å². The first kappa shape index (κ1) is 26.7. The van der Waals surface area contributed by atoms with E-state index in [0.29, 0.717) is 16.4 Å². The largest absolute Gasteiger partial charge is 0.507 e. The number of benzene rings is 2. The van der Waals surface area contributed by atoms with Crippen molar-refractivity contribution in [1.82, 2.24) is 4.90 Å². The molecular formula is C26H23Cl2NO7S. The molecule has 1 fully saturated rings. The van der Waals surface area contributed by atoms with Crippen molar-refractivity contribution in [2.24, 2.45) is 0 Å². The van der Waals surface area contributed by atoms with Gasteiger partial charge in [-0.1, -0.05) is 29.3 Å². The smallest absolute Gasteiger partial charge is 0.295 e. The van der Waals surface area contributed by atoms with Gasteiger partial charge >= 0.3 is 0 Å².